The van der Waals surface area contributed by atoms with Crippen LogP contribution in [0.4, 0.5) is 4.39 Å². The molecule has 0 amide bonds. The number of carbonyl (C=O) groups is 2. The fraction of sp³-hybridized carbons (Fsp3) is 0.176. The maximum Gasteiger partial charge on any atom is 0.170 e. The van der Waals surface area contributed by atoms with Crippen molar-refractivity contribution in [1.29, 1.82) is 0 Å². The predicted molar refractivity (Wildman–Crippen MR) is 82.8 cm³/mol. The average molecular weight is 349 g/mol. The summed E-state index contributed by atoms with van der Waals surface area (Å²) < 4.78 is 13.9. The molecule has 0 N–H and O–H groups in total. The van der Waals surface area contributed by atoms with Gasteiger partial charge in [-0.15, -0.1) is 0 Å². The summed E-state index contributed by atoms with van der Waals surface area (Å²) in [6.07, 6.45) is 0.525. The first-order chi connectivity index (χ1) is 10.1. The van der Waals surface area contributed by atoms with E-state index < -0.39 is 0 Å². The number of hydrogen-bond donors (Lipinski definition) is 0. The Kier molecular flexibility index (Phi) is 5.39. The summed E-state index contributed by atoms with van der Waals surface area (Å²) >= 11 is 3.32. The van der Waals surface area contributed by atoms with Crippen molar-refractivity contribution in [3.8, 4) is 0 Å². The molecule has 0 aliphatic rings. The Morgan fingerprint density at radius 1 is 1.05 bits per heavy atom. The van der Waals surface area contributed by atoms with E-state index in [1.165, 1.54) is 12.1 Å². The standard InChI is InChI=1S/C17H14BrFO2/c18-16-9-7-14(19)10-13(16)6-8-15(20)11-17(21)12-4-2-1-3-5-12/h1-5,7,9-10H,6,8,11H2. The van der Waals surface area contributed by atoms with Crippen molar-refractivity contribution in [3.05, 3.63) is 69.9 Å². The van der Waals surface area contributed by atoms with Gasteiger partial charge in [-0.3, -0.25) is 9.59 Å². The van der Waals surface area contributed by atoms with Gasteiger partial charge in [0.25, 0.3) is 0 Å². The van der Waals surface area contributed by atoms with E-state index in [2.05, 4.69) is 15.9 Å². The molecule has 2 nitrogen and oxygen atoms in total. The van der Waals surface area contributed by atoms with Gasteiger partial charge in [0.2, 0.25) is 0 Å². The van der Waals surface area contributed by atoms with E-state index in [0.29, 0.717) is 12.0 Å². The lowest BCUT2D eigenvalue weighted by Gasteiger charge is -2.04. The third-order valence-corrected chi connectivity index (χ3v) is 3.91. The normalized spacial score (nSPS) is 10.4. The van der Waals surface area contributed by atoms with Gasteiger partial charge in [0.15, 0.2) is 5.78 Å². The molecular weight excluding hydrogens is 335 g/mol. The Hall–Kier alpha value is -1.81. The Morgan fingerprint density at radius 3 is 2.48 bits per heavy atom. The molecule has 21 heavy (non-hydrogen) atoms. The highest BCUT2D eigenvalue weighted by molar-refractivity contribution is 9.10. The van der Waals surface area contributed by atoms with Crippen LogP contribution >= 0.6 is 15.9 Å². The summed E-state index contributed by atoms with van der Waals surface area (Å²) in [4.78, 5) is 23.8. The van der Waals surface area contributed by atoms with Gasteiger partial charge < -0.3 is 0 Å². The van der Waals surface area contributed by atoms with E-state index in [9.17, 15) is 14.0 Å². The van der Waals surface area contributed by atoms with E-state index in [1.807, 2.05) is 6.07 Å². The van der Waals surface area contributed by atoms with Crippen molar-refractivity contribution in [2.45, 2.75) is 19.3 Å². The van der Waals surface area contributed by atoms with Crippen LogP contribution in [0.1, 0.15) is 28.8 Å². The molecule has 0 fully saturated rings. The number of benzene rings is 2. The van der Waals surface area contributed by atoms with Crippen LogP contribution in [0.2, 0.25) is 0 Å². The van der Waals surface area contributed by atoms with Crippen LogP contribution in [0.25, 0.3) is 0 Å². The smallest absolute Gasteiger partial charge is 0.170 e. The summed E-state index contributed by atoms with van der Waals surface area (Å²) in [5.74, 6) is -0.653. The van der Waals surface area contributed by atoms with Gasteiger partial charge in [-0.25, -0.2) is 4.39 Å². The SMILES string of the molecule is O=C(CCc1cc(F)ccc1Br)CC(=O)c1ccccc1. The van der Waals surface area contributed by atoms with Crippen molar-refractivity contribution < 1.29 is 14.0 Å². The molecule has 0 atom stereocenters. The van der Waals surface area contributed by atoms with Crippen LogP contribution < -0.4 is 0 Å². The van der Waals surface area contributed by atoms with Crippen molar-refractivity contribution >= 4 is 27.5 Å². The van der Waals surface area contributed by atoms with Gasteiger partial charge in [0.05, 0.1) is 6.42 Å². The minimum atomic E-state index is -0.332. The molecule has 4 heteroatoms. The number of carbonyl (C=O) groups excluding carboxylic acids is 2. The molecule has 108 valence electrons. The lowest BCUT2D eigenvalue weighted by Crippen LogP contribution is -2.09. The molecule has 0 bridgehead atoms. The van der Waals surface area contributed by atoms with Crippen molar-refractivity contribution in [2.75, 3.05) is 0 Å². The molecule has 0 heterocycles. The summed E-state index contributed by atoms with van der Waals surface area (Å²) in [7, 11) is 0. The van der Waals surface area contributed by atoms with Gasteiger partial charge >= 0.3 is 0 Å². The molecule has 0 unspecified atom stereocenters. The minimum Gasteiger partial charge on any atom is -0.299 e. The zero-order chi connectivity index (χ0) is 15.2. The van der Waals surface area contributed by atoms with Crippen LogP contribution in [0, 0.1) is 5.82 Å². The van der Waals surface area contributed by atoms with Crippen molar-refractivity contribution in [3.63, 3.8) is 0 Å². The zero-order valence-electron chi connectivity index (χ0n) is 11.3. The first kappa shape index (κ1) is 15.6. The topological polar surface area (TPSA) is 34.1 Å². The quantitative estimate of drug-likeness (QED) is 0.574. The van der Waals surface area contributed by atoms with Crippen molar-refractivity contribution in [2.24, 2.45) is 0 Å². The summed E-state index contributed by atoms with van der Waals surface area (Å²) in [6.45, 7) is 0. The number of Topliss-reactive ketones (excluding diaryl/α,β-unsaturated/α-hetero) is 2. The van der Waals surface area contributed by atoms with E-state index in [0.717, 1.165) is 10.0 Å². The predicted octanol–water partition coefficient (Wildman–Crippen LogP) is 4.36. The first-order valence-corrected chi connectivity index (χ1v) is 7.39. The summed E-state index contributed by atoms with van der Waals surface area (Å²) in [5.41, 5.74) is 1.27. The second-order valence-corrected chi connectivity index (χ2v) is 5.59. The third-order valence-electron chi connectivity index (χ3n) is 3.13. The zero-order valence-corrected chi connectivity index (χ0v) is 12.9. The Morgan fingerprint density at radius 2 is 1.76 bits per heavy atom. The summed E-state index contributed by atoms with van der Waals surface area (Å²) in [5, 5.41) is 0. The van der Waals surface area contributed by atoms with Gasteiger partial charge in [0, 0.05) is 16.5 Å². The van der Waals surface area contributed by atoms with E-state index in [-0.39, 0.29) is 30.2 Å². The van der Waals surface area contributed by atoms with Gasteiger partial charge in [-0.1, -0.05) is 46.3 Å². The van der Waals surface area contributed by atoms with Crippen molar-refractivity contribution in [1.82, 2.24) is 0 Å². The third kappa shape index (κ3) is 4.60. The number of rotatable bonds is 6. The molecule has 2 rings (SSSR count). The Bertz CT molecular complexity index is 653. The second kappa shape index (κ2) is 7.27. The molecule has 2 aromatic carbocycles. The molecule has 0 radical (unpaired) electrons. The van der Waals surface area contributed by atoms with Gasteiger partial charge in [0.1, 0.15) is 11.6 Å². The fourth-order valence-electron chi connectivity index (χ4n) is 2.00. The fourth-order valence-corrected chi connectivity index (χ4v) is 2.45. The lowest BCUT2D eigenvalue weighted by molar-refractivity contribution is -0.118. The number of halogens is 2. The van der Waals surface area contributed by atoms with Crippen LogP contribution in [0.3, 0.4) is 0 Å². The van der Waals surface area contributed by atoms with Crippen LogP contribution in [0.5, 0.6) is 0 Å². The summed E-state index contributed by atoms with van der Waals surface area (Å²) in [6, 6.07) is 13.1. The minimum absolute atomic E-state index is 0.114. The van der Waals surface area contributed by atoms with E-state index >= 15 is 0 Å². The monoisotopic (exact) mass is 348 g/mol. The molecule has 0 aromatic heterocycles. The molecule has 0 aliphatic heterocycles. The maximum atomic E-state index is 13.1. The highest BCUT2D eigenvalue weighted by atomic mass is 79.9. The molecule has 0 saturated carbocycles. The van der Waals surface area contributed by atoms with Crippen LogP contribution in [0.15, 0.2) is 53.0 Å². The number of ketones is 2. The van der Waals surface area contributed by atoms with Gasteiger partial charge in [-0.2, -0.15) is 0 Å². The maximum absolute atomic E-state index is 13.1. The average Bonchev–Trinajstić information content (AvgIpc) is 2.49. The first-order valence-electron chi connectivity index (χ1n) is 6.60. The van der Waals surface area contributed by atoms with E-state index in [4.69, 9.17) is 0 Å². The molecular formula is C17H14BrFO2. The largest absolute Gasteiger partial charge is 0.299 e. The molecule has 2 aromatic rings. The van der Waals surface area contributed by atoms with E-state index in [1.54, 1.807) is 30.3 Å². The highest BCUT2D eigenvalue weighted by Gasteiger charge is 2.12. The second-order valence-electron chi connectivity index (χ2n) is 4.74. The number of hydrogen-bond acceptors (Lipinski definition) is 2. The Labute approximate surface area is 131 Å². The lowest BCUT2D eigenvalue weighted by atomic mass is 10.0. The number of aryl methyl sites for hydroxylation is 1. The molecule has 0 saturated heterocycles. The van der Waals surface area contributed by atoms with Gasteiger partial charge in [-0.05, 0) is 30.2 Å². The Balaban J connectivity index is 1.91. The molecule has 0 aliphatic carbocycles. The van der Waals surface area contributed by atoms with Crippen LogP contribution in [-0.4, -0.2) is 11.6 Å². The molecule has 0 spiro atoms. The highest BCUT2D eigenvalue weighted by Crippen LogP contribution is 2.19. The van der Waals surface area contributed by atoms with Crippen LogP contribution in [-0.2, 0) is 11.2 Å².